The van der Waals surface area contributed by atoms with Crippen LogP contribution in [0.2, 0.25) is 0 Å². The molecule has 1 amide bonds. The predicted molar refractivity (Wildman–Crippen MR) is 118 cm³/mol. The van der Waals surface area contributed by atoms with Gasteiger partial charge in [-0.05, 0) is 66.0 Å². The van der Waals surface area contributed by atoms with Crippen LogP contribution in [0.15, 0.2) is 41.1 Å². The number of nitrogens with one attached hydrogen (secondary N) is 2. The van der Waals surface area contributed by atoms with Crippen LogP contribution in [-0.2, 0) is 13.1 Å². The van der Waals surface area contributed by atoms with Gasteiger partial charge in [0, 0.05) is 29.8 Å². The summed E-state index contributed by atoms with van der Waals surface area (Å²) >= 11 is 3.52. The minimum absolute atomic E-state index is 0.194. The summed E-state index contributed by atoms with van der Waals surface area (Å²) in [6.07, 6.45) is 4.46. The number of carbonyl (C=O) groups excluding carboxylic acids is 1. The van der Waals surface area contributed by atoms with Crippen molar-refractivity contribution in [2.75, 3.05) is 13.7 Å². The molecule has 0 aliphatic rings. The third kappa shape index (κ3) is 3.97. The van der Waals surface area contributed by atoms with E-state index in [0.29, 0.717) is 25.3 Å². The van der Waals surface area contributed by atoms with Crippen LogP contribution in [-0.4, -0.2) is 44.1 Å². The summed E-state index contributed by atoms with van der Waals surface area (Å²) in [7, 11) is 1.65. The minimum Gasteiger partial charge on any atom is -0.497 e. The van der Waals surface area contributed by atoms with Crippen LogP contribution in [0.1, 0.15) is 27.4 Å². The number of amides is 1. The van der Waals surface area contributed by atoms with Gasteiger partial charge in [0.2, 0.25) is 0 Å². The van der Waals surface area contributed by atoms with Gasteiger partial charge in [-0.1, -0.05) is 0 Å². The molecule has 0 atom stereocenters. The molecular formula is C21H23BrN6O2. The van der Waals surface area contributed by atoms with Crippen LogP contribution in [0.3, 0.4) is 0 Å². The maximum absolute atomic E-state index is 12.5. The van der Waals surface area contributed by atoms with Gasteiger partial charge in [0.15, 0.2) is 0 Å². The van der Waals surface area contributed by atoms with Crippen LogP contribution < -0.4 is 10.1 Å². The summed E-state index contributed by atoms with van der Waals surface area (Å²) in [4.78, 5) is 15.7. The first-order valence-corrected chi connectivity index (χ1v) is 10.4. The van der Waals surface area contributed by atoms with Crippen molar-refractivity contribution >= 4 is 32.7 Å². The Morgan fingerprint density at radius 1 is 1.27 bits per heavy atom. The molecule has 2 N–H and O–H groups in total. The first-order valence-electron chi connectivity index (χ1n) is 9.61. The number of carbonyl (C=O) groups is 1. The fourth-order valence-corrected chi connectivity index (χ4v) is 3.69. The van der Waals surface area contributed by atoms with Gasteiger partial charge in [-0.25, -0.2) is 4.68 Å². The van der Waals surface area contributed by atoms with Crippen LogP contribution in [0.25, 0.3) is 10.9 Å². The van der Waals surface area contributed by atoms with E-state index in [4.69, 9.17) is 4.74 Å². The molecule has 0 bridgehead atoms. The fraction of sp³-hybridized carbons (Fsp3) is 0.286. The number of rotatable bonds is 7. The van der Waals surface area contributed by atoms with E-state index in [1.165, 1.54) is 0 Å². The van der Waals surface area contributed by atoms with Crippen molar-refractivity contribution in [3.8, 4) is 5.75 Å². The van der Waals surface area contributed by atoms with Crippen molar-refractivity contribution in [3.05, 3.63) is 63.8 Å². The van der Waals surface area contributed by atoms with E-state index in [2.05, 4.69) is 36.4 Å². The van der Waals surface area contributed by atoms with Gasteiger partial charge in [-0.3, -0.25) is 9.48 Å². The molecule has 0 radical (unpaired) electrons. The Balaban J connectivity index is 1.36. The molecule has 4 aromatic rings. The number of halogens is 1. The molecule has 30 heavy (non-hydrogen) atoms. The second kappa shape index (κ2) is 8.35. The topological polar surface area (TPSA) is 89.8 Å². The minimum atomic E-state index is -0.194. The number of hydrogen-bond acceptors (Lipinski definition) is 4. The summed E-state index contributed by atoms with van der Waals surface area (Å²) in [6.45, 7) is 4.89. The lowest BCUT2D eigenvalue weighted by Crippen LogP contribution is -2.26. The molecule has 9 heteroatoms. The van der Waals surface area contributed by atoms with Gasteiger partial charge in [0.25, 0.3) is 5.91 Å². The van der Waals surface area contributed by atoms with E-state index in [9.17, 15) is 4.79 Å². The highest BCUT2D eigenvalue weighted by atomic mass is 79.9. The van der Waals surface area contributed by atoms with Gasteiger partial charge >= 0.3 is 0 Å². The van der Waals surface area contributed by atoms with Crippen LogP contribution >= 0.6 is 15.9 Å². The van der Waals surface area contributed by atoms with E-state index in [0.717, 1.165) is 38.1 Å². The van der Waals surface area contributed by atoms with Crippen molar-refractivity contribution < 1.29 is 9.53 Å². The van der Waals surface area contributed by atoms with Gasteiger partial charge in [0.05, 0.1) is 23.0 Å². The Hall–Kier alpha value is -3.07. The fourth-order valence-electron chi connectivity index (χ4n) is 3.40. The number of aromatic nitrogens is 5. The third-order valence-electron chi connectivity index (χ3n) is 5.10. The largest absolute Gasteiger partial charge is 0.497 e. The van der Waals surface area contributed by atoms with Gasteiger partial charge in [0.1, 0.15) is 18.1 Å². The maximum atomic E-state index is 12.5. The third-order valence-corrected chi connectivity index (χ3v) is 6.25. The van der Waals surface area contributed by atoms with Gasteiger partial charge in [-0.15, -0.1) is 0 Å². The summed E-state index contributed by atoms with van der Waals surface area (Å²) in [6, 6.07) is 7.63. The average molecular weight is 471 g/mol. The van der Waals surface area contributed by atoms with Crippen LogP contribution in [0, 0.1) is 13.8 Å². The standard InChI is InChI=1S/C21H23BrN6O2/c1-13-20(22)14(2)28(25-13)12-27-9-7-19(26-27)21(29)23-8-6-15-11-24-18-5-4-16(30-3)10-17(15)18/h4-5,7,9-11,24H,6,8,12H2,1-3H3,(H,23,29). The smallest absolute Gasteiger partial charge is 0.271 e. The normalized spacial score (nSPS) is 11.2. The van der Waals surface area contributed by atoms with Crippen molar-refractivity contribution in [2.24, 2.45) is 0 Å². The first-order chi connectivity index (χ1) is 14.5. The van der Waals surface area contributed by atoms with Crippen LogP contribution in [0.4, 0.5) is 0 Å². The molecule has 0 saturated heterocycles. The van der Waals surface area contributed by atoms with E-state index in [1.54, 1.807) is 24.1 Å². The molecule has 0 spiro atoms. The number of aryl methyl sites for hydroxylation is 1. The molecule has 0 aliphatic heterocycles. The van der Waals surface area contributed by atoms with Crippen molar-refractivity contribution in [2.45, 2.75) is 26.9 Å². The van der Waals surface area contributed by atoms with E-state index < -0.39 is 0 Å². The molecule has 0 aliphatic carbocycles. The Labute approximate surface area is 182 Å². The highest BCUT2D eigenvalue weighted by Crippen LogP contribution is 2.24. The van der Waals surface area contributed by atoms with Crippen molar-refractivity contribution in [3.63, 3.8) is 0 Å². The summed E-state index contributed by atoms with van der Waals surface area (Å²) in [5.41, 5.74) is 4.50. The Kier molecular flexibility index (Phi) is 5.63. The van der Waals surface area contributed by atoms with Crippen molar-refractivity contribution in [1.29, 1.82) is 0 Å². The number of nitrogens with zero attached hydrogens (tertiary/aromatic N) is 4. The lowest BCUT2D eigenvalue weighted by molar-refractivity contribution is 0.0948. The number of H-pyrrole nitrogens is 1. The van der Waals surface area contributed by atoms with E-state index >= 15 is 0 Å². The number of aromatic amines is 1. The number of fused-ring (bicyclic) bond motifs is 1. The molecule has 3 aromatic heterocycles. The zero-order valence-corrected chi connectivity index (χ0v) is 18.7. The molecular weight excluding hydrogens is 448 g/mol. The zero-order chi connectivity index (χ0) is 21.3. The van der Waals surface area contributed by atoms with Crippen LogP contribution in [0.5, 0.6) is 5.75 Å². The molecule has 1 aromatic carbocycles. The Bertz CT molecular complexity index is 1210. The number of methoxy groups -OCH3 is 1. The number of ether oxygens (including phenoxy) is 1. The van der Waals surface area contributed by atoms with E-state index in [-0.39, 0.29) is 5.91 Å². The molecule has 0 saturated carbocycles. The zero-order valence-electron chi connectivity index (χ0n) is 17.1. The second-order valence-electron chi connectivity index (χ2n) is 7.10. The highest BCUT2D eigenvalue weighted by Gasteiger charge is 2.13. The summed E-state index contributed by atoms with van der Waals surface area (Å²) in [5, 5.41) is 12.9. The average Bonchev–Trinajstić information content (AvgIpc) is 3.44. The molecule has 156 valence electrons. The highest BCUT2D eigenvalue weighted by molar-refractivity contribution is 9.10. The lowest BCUT2D eigenvalue weighted by Gasteiger charge is -2.05. The maximum Gasteiger partial charge on any atom is 0.271 e. The SMILES string of the molecule is COc1ccc2[nH]cc(CCNC(=O)c3ccn(Cn4nc(C)c(Br)c4C)n3)c2c1. The first kappa shape index (κ1) is 20.2. The predicted octanol–water partition coefficient (Wildman–Crippen LogP) is 3.43. The monoisotopic (exact) mass is 470 g/mol. The molecule has 0 fully saturated rings. The molecule has 0 unspecified atom stereocenters. The summed E-state index contributed by atoms with van der Waals surface area (Å²) < 4.78 is 9.84. The van der Waals surface area contributed by atoms with Gasteiger partial charge < -0.3 is 15.0 Å². The molecule has 8 nitrogen and oxygen atoms in total. The lowest BCUT2D eigenvalue weighted by atomic mass is 10.1. The number of hydrogen-bond donors (Lipinski definition) is 2. The quantitative estimate of drug-likeness (QED) is 0.432. The number of benzene rings is 1. The Morgan fingerprint density at radius 3 is 2.83 bits per heavy atom. The molecule has 4 rings (SSSR count). The van der Waals surface area contributed by atoms with Gasteiger partial charge in [-0.2, -0.15) is 10.2 Å². The Morgan fingerprint density at radius 2 is 2.10 bits per heavy atom. The second-order valence-corrected chi connectivity index (χ2v) is 7.89. The molecule has 3 heterocycles. The van der Waals surface area contributed by atoms with Crippen molar-refractivity contribution in [1.82, 2.24) is 29.9 Å². The summed E-state index contributed by atoms with van der Waals surface area (Å²) in [5.74, 6) is 0.619. The van der Waals surface area contributed by atoms with E-state index in [1.807, 2.05) is 42.9 Å².